The third kappa shape index (κ3) is 34.6. The van der Waals surface area contributed by atoms with E-state index < -0.39 is 11.9 Å². The van der Waals surface area contributed by atoms with Crippen molar-refractivity contribution >= 4 is 93.6 Å². The van der Waals surface area contributed by atoms with E-state index in [0.717, 1.165) is 146 Å². The first-order valence-corrected chi connectivity index (χ1v) is 46.1. The summed E-state index contributed by atoms with van der Waals surface area (Å²) in [5.74, 6) is -1.80. The molecule has 3 N–H and O–H groups in total. The van der Waals surface area contributed by atoms with Gasteiger partial charge in [0.15, 0.2) is 26.4 Å². The number of carbonyl (C=O) groups is 8. The van der Waals surface area contributed by atoms with Crippen molar-refractivity contribution < 1.29 is 81.4 Å². The number of allylic oxidation sites excluding steroid dienone is 12. The Bertz CT molecular complexity index is 4600. The van der Waals surface area contributed by atoms with Crippen LogP contribution in [0.25, 0.3) is 0 Å². The maximum atomic E-state index is 12.9. The van der Waals surface area contributed by atoms with Crippen molar-refractivity contribution in [3.8, 4) is 0 Å². The molecule has 4 aromatic carbocycles. The number of amides is 4. The van der Waals surface area contributed by atoms with Crippen molar-refractivity contribution in [2.75, 3.05) is 158 Å². The number of nitrogens with zero attached hydrogens (tertiary/aromatic N) is 8. The molecule has 4 aromatic rings. The number of halogens is 2. The normalized spacial score (nSPS) is 21.1. The van der Waals surface area contributed by atoms with Crippen molar-refractivity contribution in [2.24, 2.45) is 20.6 Å². The van der Waals surface area contributed by atoms with Crippen LogP contribution in [0.3, 0.4) is 0 Å². The van der Waals surface area contributed by atoms with E-state index in [1.165, 1.54) is 0 Å². The van der Waals surface area contributed by atoms with Gasteiger partial charge >= 0.3 is 23.9 Å². The molecule has 4 amide bonds. The highest BCUT2D eigenvalue weighted by molar-refractivity contribution is 6.33. The van der Waals surface area contributed by atoms with Crippen molar-refractivity contribution in [3.05, 3.63) is 233 Å². The van der Waals surface area contributed by atoms with Crippen molar-refractivity contribution in [2.45, 2.75) is 158 Å². The molecule has 0 unspecified atom stereocenters. The third-order valence-corrected chi connectivity index (χ3v) is 23.2. The summed E-state index contributed by atoms with van der Waals surface area (Å²) in [5, 5.41) is 27.7. The first-order chi connectivity index (χ1) is 63.0. The molecule has 12 rings (SSSR count). The van der Waals surface area contributed by atoms with Crippen LogP contribution in [0.4, 0.5) is 0 Å². The number of aryl methyl sites for hydroxylation is 8. The summed E-state index contributed by atoms with van der Waals surface area (Å²) in [6.45, 7) is 27.2. The largest absolute Gasteiger partial charge is 0.462 e. The van der Waals surface area contributed by atoms with Crippen LogP contribution < -0.4 is 16.0 Å². The highest BCUT2D eigenvalue weighted by Gasteiger charge is 2.28. The van der Waals surface area contributed by atoms with Crippen LogP contribution in [-0.4, -0.2) is 248 Å². The predicted molar refractivity (Wildman–Crippen MR) is 507 cm³/mol. The summed E-state index contributed by atoms with van der Waals surface area (Å²) in [4.78, 5) is 130. The van der Waals surface area contributed by atoms with Crippen LogP contribution in [0.1, 0.15) is 185 Å². The number of cyclic esters (lactones) is 4. The van der Waals surface area contributed by atoms with E-state index in [4.69, 9.17) is 66.2 Å². The molecule has 0 spiro atoms. The van der Waals surface area contributed by atoms with Gasteiger partial charge in [-0.3, -0.25) is 19.2 Å². The highest BCUT2D eigenvalue weighted by Crippen LogP contribution is 2.32. The van der Waals surface area contributed by atoms with E-state index in [0.29, 0.717) is 210 Å². The molecule has 28 nitrogen and oxygen atoms in total. The van der Waals surface area contributed by atoms with E-state index >= 15 is 0 Å². The second kappa shape index (κ2) is 56.4. The van der Waals surface area contributed by atoms with Crippen LogP contribution >= 0.6 is 23.2 Å². The zero-order valence-electron chi connectivity index (χ0n) is 76.8. The molecule has 0 aromatic heterocycles. The maximum Gasteiger partial charge on any atom is 0.338 e. The Hall–Kier alpha value is -11.1. The van der Waals surface area contributed by atoms with Gasteiger partial charge in [-0.2, -0.15) is 0 Å². The van der Waals surface area contributed by atoms with Crippen LogP contribution in [0.2, 0.25) is 10.0 Å². The average molecular weight is 1830 g/mol. The number of esters is 4. The summed E-state index contributed by atoms with van der Waals surface area (Å²) in [6, 6.07) is 11.7. The quantitative estimate of drug-likeness (QED) is 0.0513. The smallest absolute Gasteiger partial charge is 0.338 e. The van der Waals surface area contributed by atoms with E-state index in [2.05, 4.69) is 67.0 Å². The number of rotatable bonds is 12. The number of oxime groups is 4. The Morgan fingerprint density at radius 2 is 0.569 bits per heavy atom. The first-order valence-electron chi connectivity index (χ1n) is 45.3. The van der Waals surface area contributed by atoms with Crippen LogP contribution in [-0.2, 0) is 87.9 Å². The summed E-state index contributed by atoms with van der Waals surface area (Å²) in [7, 11) is 0. The van der Waals surface area contributed by atoms with Gasteiger partial charge in [0.1, 0.15) is 0 Å². The maximum absolute atomic E-state index is 12.9. The van der Waals surface area contributed by atoms with Gasteiger partial charge < -0.3 is 78.6 Å². The van der Waals surface area contributed by atoms with E-state index in [9.17, 15) is 38.4 Å². The molecule has 4 fully saturated rings. The van der Waals surface area contributed by atoms with Gasteiger partial charge in [-0.15, -0.1) is 0 Å². The average Bonchev–Trinajstić information content (AvgIpc) is 0.806. The fraction of sp³-hybridized carbons (Fsp3) is 0.480. The minimum Gasteiger partial charge on any atom is -0.462 e. The van der Waals surface area contributed by atoms with E-state index in [-0.39, 0.29) is 62.0 Å². The topological polar surface area (TPSA) is 318 Å². The van der Waals surface area contributed by atoms with Gasteiger partial charge in [-0.25, -0.2) is 19.2 Å². The molecule has 8 aliphatic rings. The molecule has 0 saturated carbocycles. The lowest BCUT2D eigenvalue weighted by Crippen LogP contribution is -2.47. The second-order valence-electron chi connectivity index (χ2n) is 32.6. The minimum atomic E-state index is -0.395. The number of nitrogens with one attached hydrogen (secondary N) is 3. The standard InChI is InChI=1S/2C25H32ClN3O4.C25H33N3O4.C25H32N2O5/c2*1-18-15-19(2)24(26)21-16-20(28-33-17-22(30)29-12-10-27-11-13-29)9-7-5-3-4-6-8-14-32-25(31)23(18)21;1-19-15-20(2)24-21(16-19)17-22(9-7-5-3-4-6-8-14-31-25(24)30)27-32-18-23(29)28-12-10-26-11-13-28;1-19-15-20(2)24-21(16-19)17-22(9-7-5-3-4-6-8-12-31-25(24)29)26-32-18-23(28)27-10-13-30-14-11-27/h2*4,6-7,9,15,27H,3,5,8,10-14,16-17H2,1-2H3;4,6-7,9,15-16,26H,3,5,8,10-14,17-18H2,1-2H3;4,6-7,9,15-16H,3,5,8,10-14,17-18H2,1-2H3/b6-4+,9-7+,28-20+;6-4+,9-7+,28-20-;6-4+,9-7+,27-22-;6-4+,9-7+,26-22+. The third-order valence-electron chi connectivity index (χ3n) is 22.1. The number of benzene rings is 4. The Labute approximate surface area is 775 Å². The Morgan fingerprint density at radius 3 is 0.869 bits per heavy atom. The molecule has 0 atom stereocenters. The van der Waals surface area contributed by atoms with Gasteiger partial charge in [0.05, 0.1) is 84.7 Å². The number of piperazine rings is 3. The molecule has 130 heavy (non-hydrogen) atoms. The Balaban J connectivity index is 0.000000195. The van der Waals surface area contributed by atoms with Gasteiger partial charge in [0, 0.05) is 127 Å². The number of morpholine rings is 1. The zero-order chi connectivity index (χ0) is 92.8. The minimum absolute atomic E-state index is 0.0680. The molecule has 0 bridgehead atoms. The highest BCUT2D eigenvalue weighted by atomic mass is 35.5. The van der Waals surface area contributed by atoms with Crippen LogP contribution in [0.5, 0.6) is 0 Å². The fourth-order valence-corrected chi connectivity index (χ4v) is 16.0. The molecule has 700 valence electrons. The van der Waals surface area contributed by atoms with Gasteiger partial charge in [-0.05, 0) is 212 Å². The lowest BCUT2D eigenvalue weighted by Gasteiger charge is -2.26. The predicted octanol–water partition coefficient (Wildman–Crippen LogP) is 14.1. The van der Waals surface area contributed by atoms with E-state index in [1.54, 1.807) is 19.6 Å². The lowest BCUT2D eigenvalue weighted by molar-refractivity contribution is -0.140. The molecule has 30 heteroatoms. The summed E-state index contributed by atoms with van der Waals surface area (Å²) in [5.41, 5.74) is 14.8. The van der Waals surface area contributed by atoms with Crippen LogP contribution in [0.15, 0.2) is 154 Å². The summed E-state index contributed by atoms with van der Waals surface area (Å²) in [6.07, 6.45) is 43.2. The molecule has 8 heterocycles. The van der Waals surface area contributed by atoms with Gasteiger partial charge in [0.2, 0.25) is 0 Å². The lowest BCUT2D eigenvalue weighted by atomic mass is 9.94. The number of carbonyl (C=O) groups excluding carboxylic acids is 8. The molecular formula is C100H129Cl2N11O17. The van der Waals surface area contributed by atoms with Crippen LogP contribution in [0, 0.1) is 55.4 Å². The van der Waals surface area contributed by atoms with Crippen molar-refractivity contribution in [1.82, 2.24) is 35.6 Å². The molecule has 8 aliphatic heterocycles. The van der Waals surface area contributed by atoms with Gasteiger partial charge in [0.25, 0.3) is 23.6 Å². The monoisotopic (exact) mass is 1830 g/mol. The zero-order valence-corrected chi connectivity index (χ0v) is 78.3. The van der Waals surface area contributed by atoms with Gasteiger partial charge in [-0.1, -0.05) is 164 Å². The first kappa shape index (κ1) is 103. The van der Waals surface area contributed by atoms with Crippen molar-refractivity contribution in [1.29, 1.82) is 0 Å². The number of ether oxygens (including phenoxy) is 5. The summed E-state index contributed by atoms with van der Waals surface area (Å²) < 4.78 is 27.3. The molecular weight excluding hydrogens is 1700 g/mol. The number of fused-ring (bicyclic) bond motifs is 4. The molecule has 0 radical (unpaired) electrons. The van der Waals surface area contributed by atoms with Crippen molar-refractivity contribution in [3.63, 3.8) is 0 Å². The molecule has 4 saturated heterocycles. The van der Waals surface area contributed by atoms with E-state index in [1.807, 2.05) is 159 Å². The number of hydrogen-bond donors (Lipinski definition) is 3. The Morgan fingerprint density at radius 1 is 0.315 bits per heavy atom. The summed E-state index contributed by atoms with van der Waals surface area (Å²) >= 11 is 13.3. The number of hydrogen-bond acceptors (Lipinski definition) is 24. The Kier molecular flexibility index (Phi) is 44.5. The molecule has 0 aliphatic carbocycles. The SMILES string of the molecule is Cc1cc(C)c2c(c1)CC(=N/OCC(=O)N1CCOCC1)/C=C/CC/C=C/CCOC2=O.Cc1cc(C)c2c(c1)CC(=N\OCC(=O)N1CCNCC1)/C=C/CC/C=C/CCOC2=O.Cc1cc(C)c2c(c1Cl)CC(=N/OCC(=O)N1CCNCC1)/C=C/CC/C=C/CCOC2=O.Cc1cc(C)c2c(c1Cl)CC(=N\OCC(=O)N1CCNCC1)/C=C/CC/C=C/CCOC2=O. The fourth-order valence-electron chi connectivity index (χ4n) is 15.6. The second-order valence-corrected chi connectivity index (χ2v) is 33.4.